The van der Waals surface area contributed by atoms with Gasteiger partial charge in [0, 0.05) is 18.7 Å². The van der Waals surface area contributed by atoms with Crippen molar-refractivity contribution in [2.24, 2.45) is 0 Å². The van der Waals surface area contributed by atoms with Crippen LogP contribution in [0.1, 0.15) is 26.7 Å². The highest BCUT2D eigenvalue weighted by molar-refractivity contribution is 5.68. The Hall–Kier alpha value is -3.40. The number of fused-ring (bicyclic) bond motifs is 2. The predicted octanol–water partition coefficient (Wildman–Crippen LogP) is 5.42. The van der Waals surface area contributed by atoms with Gasteiger partial charge in [0.25, 0.3) is 0 Å². The number of aromatic nitrogens is 3. The molecule has 4 heterocycles. The Bertz CT molecular complexity index is 1090. The number of rotatable bonds is 6. The fourth-order valence-corrected chi connectivity index (χ4v) is 4.03. The van der Waals surface area contributed by atoms with Crippen LogP contribution in [0.2, 0.25) is 0 Å². The van der Waals surface area contributed by atoms with Crippen LogP contribution in [-0.4, -0.2) is 47.1 Å². The summed E-state index contributed by atoms with van der Waals surface area (Å²) in [5.41, 5.74) is 1.39. The first-order valence-electron chi connectivity index (χ1n) is 11.3. The SMILES string of the molecule is CC.Fc1ccc(N2CC3CCC(C2)O3)nc1Nc1cc(-c2ccc(OC(F)F)cc2)cnn1. The molecule has 5 rings (SSSR count). The van der Waals surface area contributed by atoms with Crippen LogP contribution < -0.4 is 15.0 Å². The van der Waals surface area contributed by atoms with Gasteiger partial charge < -0.3 is 19.7 Å². The van der Waals surface area contributed by atoms with Gasteiger partial charge in [-0.1, -0.05) is 26.0 Å². The average Bonchev–Trinajstić information content (AvgIpc) is 3.19. The number of nitrogens with zero attached hydrogens (tertiary/aromatic N) is 4. The third-order valence-corrected chi connectivity index (χ3v) is 5.51. The molecule has 0 aliphatic carbocycles. The summed E-state index contributed by atoms with van der Waals surface area (Å²) < 4.78 is 49.4. The highest BCUT2D eigenvalue weighted by Crippen LogP contribution is 2.30. The van der Waals surface area contributed by atoms with Crippen molar-refractivity contribution in [2.75, 3.05) is 23.3 Å². The Kier molecular flexibility index (Phi) is 7.46. The molecule has 7 nitrogen and oxygen atoms in total. The number of ether oxygens (including phenoxy) is 2. The van der Waals surface area contributed by atoms with Gasteiger partial charge in [-0.3, -0.25) is 0 Å². The number of halogens is 3. The molecule has 2 aliphatic rings. The fourth-order valence-electron chi connectivity index (χ4n) is 4.03. The summed E-state index contributed by atoms with van der Waals surface area (Å²) in [6.45, 7) is 2.58. The molecule has 2 atom stereocenters. The lowest BCUT2D eigenvalue weighted by molar-refractivity contribution is -0.0498. The molecule has 0 saturated carbocycles. The summed E-state index contributed by atoms with van der Waals surface area (Å²) in [5, 5.41) is 10.9. The molecule has 2 saturated heterocycles. The Morgan fingerprint density at radius 2 is 1.74 bits per heavy atom. The molecule has 180 valence electrons. The smallest absolute Gasteiger partial charge is 0.387 e. The molecule has 2 aliphatic heterocycles. The molecule has 2 aromatic heterocycles. The van der Waals surface area contributed by atoms with E-state index in [4.69, 9.17) is 4.74 Å². The second-order valence-corrected chi connectivity index (χ2v) is 7.72. The number of morpholine rings is 1. The van der Waals surface area contributed by atoms with Crippen LogP contribution in [-0.2, 0) is 4.74 Å². The van der Waals surface area contributed by atoms with Crippen molar-refractivity contribution in [3.05, 3.63) is 54.5 Å². The van der Waals surface area contributed by atoms with E-state index in [9.17, 15) is 13.2 Å². The maximum Gasteiger partial charge on any atom is 0.387 e. The van der Waals surface area contributed by atoms with Crippen molar-refractivity contribution in [3.63, 3.8) is 0 Å². The minimum Gasteiger partial charge on any atom is -0.435 e. The molecule has 2 bridgehead atoms. The van der Waals surface area contributed by atoms with Crippen LogP contribution in [0.4, 0.5) is 30.6 Å². The van der Waals surface area contributed by atoms with E-state index in [-0.39, 0.29) is 23.8 Å². The van der Waals surface area contributed by atoms with E-state index >= 15 is 0 Å². The summed E-state index contributed by atoms with van der Waals surface area (Å²) in [6, 6.07) is 10.9. The van der Waals surface area contributed by atoms with Gasteiger partial charge in [-0.05, 0) is 48.7 Å². The lowest BCUT2D eigenvalue weighted by Gasteiger charge is -2.33. The highest BCUT2D eigenvalue weighted by atomic mass is 19.3. The molecule has 0 amide bonds. The molecule has 0 spiro atoms. The van der Waals surface area contributed by atoms with Gasteiger partial charge in [-0.2, -0.15) is 13.9 Å². The lowest BCUT2D eigenvalue weighted by Crippen LogP contribution is -2.43. The summed E-state index contributed by atoms with van der Waals surface area (Å²) in [4.78, 5) is 6.57. The van der Waals surface area contributed by atoms with Gasteiger partial charge in [0.1, 0.15) is 11.6 Å². The zero-order valence-corrected chi connectivity index (χ0v) is 18.9. The first-order valence-corrected chi connectivity index (χ1v) is 11.3. The number of pyridine rings is 1. The second-order valence-electron chi connectivity index (χ2n) is 7.72. The van der Waals surface area contributed by atoms with E-state index in [0.29, 0.717) is 17.2 Å². The minimum atomic E-state index is -2.88. The summed E-state index contributed by atoms with van der Waals surface area (Å²) in [6.07, 6.45) is 3.97. The van der Waals surface area contributed by atoms with Gasteiger partial charge in [0.2, 0.25) is 0 Å². The maximum atomic E-state index is 14.5. The Morgan fingerprint density at radius 1 is 1.03 bits per heavy atom. The number of hydrogen-bond donors (Lipinski definition) is 1. The van der Waals surface area contributed by atoms with Crippen molar-refractivity contribution in [2.45, 2.75) is 45.5 Å². The van der Waals surface area contributed by atoms with Crippen molar-refractivity contribution in [3.8, 4) is 16.9 Å². The van der Waals surface area contributed by atoms with Gasteiger partial charge in [-0.25, -0.2) is 9.37 Å². The van der Waals surface area contributed by atoms with Crippen LogP contribution >= 0.6 is 0 Å². The van der Waals surface area contributed by atoms with Gasteiger partial charge in [0.15, 0.2) is 17.5 Å². The van der Waals surface area contributed by atoms with E-state index in [1.807, 2.05) is 13.8 Å². The first-order chi connectivity index (χ1) is 16.5. The quantitative estimate of drug-likeness (QED) is 0.513. The third kappa shape index (κ3) is 5.56. The predicted molar refractivity (Wildman–Crippen MR) is 123 cm³/mol. The Labute approximate surface area is 195 Å². The molecular formula is C24H26F3N5O2. The van der Waals surface area contributed by atoms with Crippen molar-refractivity contribution in [1.29, 1.82) is 0 Å². The fraction of sp³-hybridized carbons (Fsp3) is 0.375. The van der Waals surface area contributed by atoms with Crippen LogP contribution in [0.25, 0.3) is 11.1 Å². The molecule has 1 aromatic carbocycles. The summed E-state index contributed by atoms with van der Waals surface area (Å²) in [7, 11) is 0. The molecule has 2 fully saturated rings. The van der Waals surface area contributed by atoms with Crippen LogP contribution in [0.5, 0.6) is 5.75 Å². The number of anilines is 3. The van der Waals surface area contributed by atoms with Crippen LogP contribution in [0.3, 0.4) is 0 Å². The molecule has 34 heavy (non-hydrogen) atoms. The van der Waals surface area contributed by atoms with E-state index in [0.717, 1.165) is 31.5 Å². The van der Waals surface area contributed by atoms with Crippen molar-refractivity contribution < 1.29 is 22.6 Å². The second kappa shape index (κ2) is 10.7. The first kappa shape index (κ1) is 23.7. The largest absolute Gasteiger partial charge is 0.435 e. The maximum absolute atomic E-state index is 14.5. The zero-order valence-electron chi connectivity index (χ0n) is 18.9. The Morgan fingerprint density at radius 3 is 2.41 bits per heavy atom. The summed E-state index contributed by atoms with van der Waals surface area (Å²) in [5.74, 6) is 0.580. The van der Waals surface area contributed by atoms with E-state index in [2.05, 4.69) is 30.1 Å². The highest BCUT2D eigenvalue weighted by Gasteiger charge is 2.34. The Balaban J connectivity index is 0.00000133. The molecule has 2 unspecified atom stereocenters. The average molecular weight is 473 g/mol. The molecule has 0 radical (unpaired) electrons. The number of benzene rings is 1. The van der Waals surface area contributed by atoms with Gasteiger partial charge in [0.05, 0.1) is 18.4 Å². The monoisotopic (exact) mass is 473 g/mol. The van der Waals surface area contributed by atoms with Gasteiger partial charge in [-0.15, -0.1) is 5.10 Å². The lowest BCUT2D eigenvalue weighted by atomic mass is 10.1. The number of alkyl halides is 2. The van der Waals surface area contributed by atoms with Crippen LogP contribution in [0, 0.1) is 5.82 Å². The zero-order chi connectivity index (χ0) is 24.1. The van der Waals surface area contributed by atoms with E-state index in [1.54, 1.807) is 24.3 Å². The third-order valence-electron chi connectivity index (χ3n) is 5.51. The van der Waals surface area contributed by atoms with E-state index < -0.39 is 12.4 Å². The molecule has 10 heteroatoms. The van der Waals surface area contributed by atoms with Crippen molar-refractivity contribution >= 4 is 17.5 Å². The standard InChI is InChI=1S/C22H20F3N5O2.C2H6/c23-18-7-8-20(30-11-16-5-6-17(12-30)31-16)28-21(18)27-19-9-14(10-26-29-19)13-1-3-15(4-2-13)32-22(24)25;1-2/h1-4,7-10,16-17,22H,5-6,11-12H2,(H,27,28,29);1-2H3. The minimum absolute atomic E-state index is 0.0495. The van der Waals surface area contributed by atoms with Crippen LogP contribution in [0.15, 0.2) is 48.7 Å². The topological polar surface area (TPSA) is 72.4 Å². The normalized spacial score (nSPS) is 18.9. The van der Waals surface area contributed by atoms with E-state index in [1.165, 1.54) is 24.4 Å². The summed E-state index contributed by atoms with van der Waals surface area (Å²) >= 11 is 0. The van der Waals surface area contributed by atoms with Crippen molar-refractivity contribution in [1.82, 2.24) is 15.2 Å². The number of nitrogens with one attached hydrogen (secondary N) is 1. The molecular weight excluding hydrogens is 447 g/mol. The molecule has 3 aromatic rings. The van der Waals surface area contributed by atoms with Gasteiger partial charge >= 0.3 is 6.61 Å². The molecule has 1 N–H and O–H groups in total. The number of hydrogen-bond acceptors (Lipinski definition) is 7.